The summed E-state index contributed by atoms with van der Waals surface area (Å²) in [5, 5.41) is 12.4. The van der Waals surface area contributed by atoms with E-state index < -0.39 is 21.7 Å². The summed E-state index contributed by atoms with van der Waals surface area (Å²) >= 11 is 0. The number of carbonyl (C=O) groups excluding carboxylic acids is 1. The number of rotatable bonds is 4. The molecule has 1 aliphatic heterocycles. The van der Waals surface area contributed by atoms with Crippen LogP contribution in [-0.2, 0) is 14.8 Å². The number of sulfonamides is 1. The van der Waals surface area contributed by atoms with Gasteiger partial charge in [-0.1, -0.05) is 0 Å². The highest BCUT2D eigenvalue weighted by atomic mass is 32.2. The second-order valence-corrected chi connectivity index (χ2v) is 7.83. The minimum absolute atomic E-state index is 0.195. The molecule has 0 radical (unpaired) electrons. The molecule has 2 unspecified atom stereocenters. The maximum Gasteiger partial charge on any atom is 0.224 e. The fraction of sp³-hybridized carbons (Fsp3) is 0.917. The van der Waals surface area contributed by atoms with Crippen LogP contribution >= 0.6 is 0 Å². The molecule has 1 rings (SSSR count). The average Bonchev–Trinajstić information content (AvgIpc) is 2.27. The zero-order chi connectivity index (χ0) is 14.8. The van der Waals surface area contributed by atoms with Crippen molar-refractivity contribution in [2.75, 3.05) is 19.3 Å². The fourth-order valence-corrected chi connectivity index (χ4v) is 2.89. The standard InChI is InChI=1S/C12H24N2O4S/c1-9(15)12(2,3)13-11(16)10-6-5-7-14(8-10)19(4,17)18/h9-10,15H,5-8H2,1-4H3,(H,13,16). The van der Waals surface area contributed by atoms with Crippen molar-refractivity contribution in [3.05, 3.63) is 0 Å². The molecule has 2 N–H and O–H groups in total. The van der Waals surface area contributed by atoms with Crippen molar-refractivity contribution in [2.45, 2.75) is 45.3 Å². The lowest BCUT2D eigenvalue weighted by Crippen LogP contribution is -2.55. The van der Waals surface area contributed by atoms with Crippen molar-refractivity contribution in [3.63, 3.8) is 0 Å². The summed E-state index contributed by atoms with van der Waals surface area (Å²) in [5.41, 5.74) is -0.718. The van der Waals surface area contributed by atoms with Gasteiger partial charge in [0.25, 0.3) is 0 Å². The van der Waals surface area contributed by atoms with Crippen LogP contribution in [0, 0.1) is 5.92 Å². The highest BCUT2D eigenvalue weighted by molar-refractivity contribution is 7.88. The molecule has 0 aromatic rings. The van der Waals surface area contributed by atoms with Crippen LogP contribution in [0.1, 0.15) is 33.6 Å². The molecule has 2 atom stereocenters. The molecular formula is C12H24N2O4S. The molecule has 0 aromatic carbocycles. The van der Waals surface area contributed by atoms with Crippen molar-refractivity contribution < 1.29 is 18.3 Å². The lowest BCUT2D eigenvalue weighted by atomic mass is 9.94. The topological polar surface area (TPSA) is 86.7 Å². The van der Waals surface area contributed by atoms with Crippen molar-refractivity contribution in [3.8, 4) is 0 Å². The van der Waals surface area contributed by atoms with Crippen LogP contribution in [0.4, 0.5) is 0 Å². The minimum Gasteiger partial charge on any atom is -0.391 e. The normalized spacial score (nSPS) is 23.9. The van der Waals surface area contributed by atoms with Gasteiger partial charge in [0.05, 0.1) is 23.8 Å². The smallest absolute Gasteiger partial charge is 0.224 e. The van der Waals surface area contributed by atoms with Crippen molar-refractivity contribution >= 4 is 15.9 Å². The Hall–Kier alpha value is -0.660. The third kappa shape index (κ3) is 4.43. The first-order valence-corrected chi connectivity index (χ1v) is 8.34. The summed E-state index contributed by atoms with van der Waals surface area (Å²) in [6, 6.07) is 0. The lowest BCUT2D eigenvalue weighted by Gasteiger charge is -2.34. The number of nitrogens with zero attached hydrogens (tertiary/aromatic N) is 1. The van der Waals surface area contributed by atoms with Crippen LogP contribution < -0.4 is 5.32 Å². The molecular weight excluding hydrogens is 268 g/mol. The molecule has 19 heavy (non-hydrogen) atoms. The van der Waals surface area contributed by atoms with E-state index in [-0.39, 0.29) is 18.4 Å². The second-order valence-electron chi connectivity index (χ2n) is 5.85. The number of hydrogen-bond donors (Lipinski definition) is 2. The monoisotopic (exact) mass is 292 g/mol. The van der Waals surface area contributed by atoms with Crippen molar-refractivity contribution in [1.29, 1.82) is 0 Å². The quantitative estimate of drug-likeness (QED) is 0.759. The van der Waals surface area contributed by atoms with E-state index in [0.29, 0.717) is 19.4 Å². The van der Waals surface area contributed by atoms with Crippen molar-refractivity contribution in [1.82, 2.24) is 9.62 Å². The van der Waals surface area contributed by atoms with E-state index in [0.717, 1.165) is 6.26 Å². The fourth-order valence-electron chi connectivity index (χ4n) is 1.98. The highest BCUT2D eigenvalue weighted by Crippen LogP contribution is 2.20. The predicted octanol–water partition coefficient (Wildman–Crippen LogP) is -0.0664. The average molecular weight is 292 g/mol. The van der Waals surface area contributed by atoms with Gasteiger partial charge in [-0.05, 0) is 33.6 Å². The van der Waals surface area contributed by atoms with Crippen LogP contribution in [0.3, 0.4) is 0 Å². The molecule has 0 bridgehead atoms. The molecule has 7 heteroatoms. The van der Waals surface area contributed by atoms with E-state index in [2.05, 4.69) is 5.32 Å². The zero-order valence-corrected chi connectivity index (χ0v) is 12.8. The number of aliphatic hydroxyl groups excluding tert-OH is 1. The Bertz CT molecular complexity index is 431. The van der Waals surface area contributed by atoms with Gasteiger partial charge in [-0.2, -0.15) is 0 Å². The first-order valence-electron chi connectivity index (χ1n) is 6.49. The molecule has 0 saturated carbocycles. The SMILES string of the molecule is CC(O)C(C)(C)NC(=O)C1CCCN(S(C)(=O)=O)C1. The first-order chi connectivity index (χ1) is 8.54. The van der Waals surface area contributed by atoms with E-state index in [9.17, 15) is 18.3 Å². The number of piperidine rings is 1. The summed E-state index contributed by atoms with van der Waals surface area (Å²) < 4.78 is 24.3. The van der Waals surface area contributed by atoms with Gasteiger partial charge in [0.2, 0.25) is 15.9 Å². The molecule has 1 aliphatic rings. The number of aliphatic hydroxyl groups is 1. The Morgan fingerprint density at radius 2 is 2.05 bits per heavy atom. The van der Waals surface area contributed by atoms with Gasteiger partial charge < -0.3 is 10.4 Å². The number of amides is 1. The molecule has 1 amide bonds. The van der Waals surface area contributed by atoms with Gasteiger partial charge in [0.15, 0.2) is 0 Å². The maximum absolute atomic E-state index is 12.1. The number of carbonyl (C=O) groups is 1. The number of nitrogens with one attached hydrogen (secondary N) is 1. The number of hydrogen-bond acceptors (Lipinski definition) is 4. The first kappa shape index (κ1) is 16.4. The van der Waals surface area contributed by atoms with E-state index >= 15 is 0 Å². The summed E-state index contributed by atoms with van der Waals surface area (Å²) in [6.45, 7) is 5.80. The van der Waals surface area contributed by atoms with E-state index in [4.69, 9.17) is 0 Å². The van der Waals surface area contributed by atoms with Gasteiger partial charge in [0, 0.05) is 13.1 Å². The Kier molecular flexibility index (Phi) is 4.97. The summed E-state index contributed by atoms with van der Waals surface area (Å²) in [4.78, 5) is 12.1. The van der Waals surface area contributed by atoms with Gasteiger partial charge in [-0.15, -0.1) is 0 Å². The third-order valence-electron chi connectivity index (χ3n) is 3.71. The summed E-state index contributed by atoms with van der Waals surface area (Å²) in [6.07, 6.45) is 1.84. The summed E-state index contributed by atoms with van der Waals surface area (Å²) in [7, 11) is -3.25. The summed E-state index contributed by atoms with van der Waals surface area (Å²) in [5.74, 6) is -0.541. The van der Waals surface area contributed by atoms with E-state index in [1.54, 1.807) is 20.8 Å². The van der Waals surface area contributed by atoms with Crippen LogP contribution in [0.5, 0.6) is 0 Å². The predicted molar refractivity (Wildman–Crippen MR) is 73.0 cm³/mol. The van der Waals surface area contributed by atoms with Crippen LogP contribution in [0.2, 0.25) is 0 Å². The molecule has 1 fully saturated rings. The third-order valence-corrected chi connectivity index (χ3v) is 4.98. The van der Waals surface area contributed by atoms with Crippen LogP contribution in [0.15, 0.2) is 0 Å². The molecule has 0 aliphatic carbocycles. The minimum atomic E-state index is -3.25. The Morgan fingerprint density at radius 1 is 1.47 bits per heavy atom. The Balaban J connectivity index is 2.68. The highest BCUT2D eigenvalue weighted by Gasteiger charge is 2.33. The van der Waals surface area contributed by atoms with Crippen LogP contribution in [-0.4, -0.2) is 54.7 Å². The van der Waals surface area contributed by atoms with E-state index in [1.165, 1.54) is 4.31 Å². The van der Waals surface area contributed by atoms with E-state index in [1.807, 2.05) is 0 Å². The van der Waals surface area contributed by atoms with Crippen molar-refractivity contribution in [2.24, 2.45) is 5.92 Å². The Labute approximate surface area is 115 Å². The molecule has 0 spiro atoms. The second kappa shape index (κ2) is 5.76. The van der Waals surface area contributed by atoms with Crippen LogP contribution in [0.25, 0.3) is 0 Å². The van der Waals surface area contributed by atoms with Gasteiger partial charge in [-0.25, -0.2) is 12.7 Å². The molecule has 6 nitrogen and oxygen atoms in total. The largest absolute Gasteiger partial charge is 0.391 e. The molecule has 1 saturated heterocycles. The lowest BCUT2D eigenvalue weighted by molar-refractivity contribution is -0.129. The molecule has 0 aromatic heterocycles. The maximum atomic E-state index is 12.1. The zero-order valence-electron chi connectivity index (χ0n) is 12.0. The van der Waals surface area contributed by atoms with Gasteiger partial charge in [-0.3, -0.25) is 4.79 Å². The van der Waals surface area contributed by atoms with Gasteiger partial charge in [0.1, 0.15) is 0 Å². The molecule has 1 heterocycles. The molecule has 112 valence electrons. The van der Waals surface area contributed by atoms with Gasteiger partial charge >= 0.3 is 0 Å². The Morgan fingerprint density at radius 3 is 2.53 bits per heavy atom.